The zero-order chi connectivity index (χ0) is 13.7. The molecule has 0 aliphatic carbocycles. The van der Waals surface area contributed by atoms with E-state index in [0.29, 0.717) is 10.8 Å². The van der Waals surface area contributed by atoms with Crippen molar-refractivity contribution in [2.24, 2.45) is 0 Å². The van der Waals surface area contributed by atoms with E-state index in [1.54, 1.807) is 30.3 Å². The third-order valence-corrected chi connectivity index (χ3v) is 3.09. The van der Waals surface area contributed by atoms with Crippen LogP contribution in [0.15, 0.2) is 59.1 Å². The molecule has 2 aromatic carbocycles. The molecule has 0 saturated heterocycles. The first-order valence-electron chi connectivity index (χ1n) is 5.54. The van der Waals surface area contributed by atoms with Gasteiger partial charge in [-0.3, -0.25) is 0 Å². The standard InChI is InChI=1S/C15H10BrClO2/c16-12-4-8-14(9-5-12)19-15(18)10-3-11-1-6-13(17)7-2-11/h1-10H/b10-3+. The zero-order valence-corrected chi connectivity index (χ0v) is 12.2. The Balaban J connectivity index is 1.97. The number of hydrogen-bond donors (Lipinski definition) is 0. The molecule has 0 N–H and O–H groups in total. The lowest BCUT2D eigenvalue weighted by Gasteiger charge is -2.00. The van der Waals surface area contributed by atoms with Gasteiger partial charge in [0, 0.05) is 15.6 Å². The Kier molecular flexibility index (Phi) is 4.77. The first-order chi connectivity index (χ1) is 9.13. The SMILES string of the molecule is O=C(/C=C/c1ccc(Cl)cc1)Oc1ccc(Br)cc1. The van der Waals surface area contributed by atoms with Crippen LogP contribution in [-0.2, 0) is 4.79 Å². The van der Waals surface area contributed by atoms with Crippen molar-refractivity contribution in [1.29, 1.82) is 0 Å². The minimum absolute atomic E-state index is 0.419. The molecular weight excluding hydrogens is 328 g/mol. The minimum Gasteiger partial charge on any atom is -0.423 e. The molecule has 2 rings (SSSR count). The smallest absolute Gasteiger partial charge is 0.336 e. The van der Waals surface area contributed by atoms with Crippen molar-refractivity contribution in [3.8, 4) is 5.75 Å². The van der Waals surface area contributed by atoms with Crippen molar-refractivity contribution < 1.29 is 9.53 Å². The predicted molar refractivity (Wildman–Crippen MR) is 80.3 cm³/mol. The summed E-state index contributed by atoms with van der Waals surface area (Å²) in [5, 5.41) is 0.662. The van der Waals surface area contributed by atoms with E-state index in [1.165, 1.54) is 6.08 Å². The number of esters is 1. The van der Waals surface area contributed by atoms with E-state index in [-0.39, 0.29) is 0 Å². The number of ether oxygens (including phenoxy) is 1. The summed E-state index contributed by atoms with van der Waals surface area (Å²) in [5.74, 6) is 0.0891. The second-order valence-corrected chi connectivity index (χ2v) is 5.11. The van der Waals surface area contributed by atoms with E-state index in [9.17, 15) is 4.79 Å². The number of carbonyl (C=O) groups is 1. The molecule has 0 radical (unpaired) electrons. The normalized spacial score (nSPS) is 10.6. The average molecular weight is 338 g/mol. The van der Waals surface area contributed by atoms with Crippen LogP contribution >= 0.6 is 27.5 Å². The van der Waals surface area contributed by atoms with Gasteiger partial charge in [-0.2, -0.15) is 0 Å². The molecule has 0 heterocycles. The van der Waals surface area contributed by atoms with Crippen LogP contribution in [0.1, 0.15) is 5.56 Å². The highest BCUT2D eigenvalue weighted by atomic mass is 79.9. The van der Waals surface area contributed by atoms with Gasteiger partial charge in [0.15, 0.2) is 0 Å². The van der Waals surface area contributed by atoms with Crippen LogP contribution in [-0.4, -0.2) is 5.97 Å². The van der Waals surface area contributed by atoms with Crippen LogP contribution in [0, 0.1) is 0 Å². The average Bonchev–Trinajstić information content (AvgIpc) is 2.41. The predicted octanol–water partition coefficient (Wildman–Crippen LogP) is 4.72. The van der Waals surface area contributed by atoms with E-state index < -0.39 is 5.97 Å². The molecule has 96 valence electrons. The third-order valence-electron chi connectivity index (χ3n) is 2.31. The van der Waals surface area contributed by atoms with Crippen LogP contribution < -0.4 is 4.74 Å². The largest absolute Gasteiger partial charge is 0.423 e. The van der Waals surface area contributed by atoms with Gasteiger partial charge in [0.25, 0.3) is 0 Å². The monoisotopic (exact) mass is 336 g/mol. The van der Waals surface area contributed by atoms with Gasteiger partial charge in [0.2, 0.25) is 0 Å². The van der Waals surface area contributed by atoms with Gasteiger partial charge >= 0.3 is 5.97 Å². The lowest BCUT2D eigenvalue weighted by Crippen LogP contribution is -2.03. The highest BCUT2D eigenvalue weighted by molar-refractivity contribution is 9.10. The summed E-state index contributed by atoms with van der Waals surface area (Å²) < 4.78 is 6.08. The molecule has 0 fully saturated rings. The first-order valence-corrected chi connectivity index (χ1v) is 6.71. The van der Waals surface area contributed by atoms with Crippen LogP contribution in [0.2, 0.25) is 5.02 Å². The van der Waals surface area contributed by atoms with Crippen molar-refractivity contribution in [3.63, 3.8) is 0 Å². The molecule has 0 aliphatic rings. The van der Waals surface area contributed by atoms with E-state index in [1.807, 2.05) is 24.3 Å². The molecule has 0 atom stereocenters. The maximum Gasteiger partial charge on any atom is 0.336 e. The lowest BCUT2D eigenvalue weighted by atomic mass is 10.2. The summed E-state index contributed by atoms with van der Waals surface area (Å²) in [7, 11) is 0. The number of hydrogen-bond acceptors (Lipinski definition) is 2. The van der Waals surface area contributed by atoms with E-state index in [2.05, 4.69) is 15.9 Å². The second-order valence-electron chi connectivity index (χ2n) is 3.76. The van der Waals surface area contributed by atoms with E-state index >= 15 is 0 Å². The Hall–Kier alpha value is -1.58. The van der Waals surface area contributed by atoms with Crippen molar-refractivity contribution in [1.82, 2.24) is 0 Å². The van der Waals surface area contributed by atoms with Gasteiger partial charge in [0.05, 0.1) is 0 Å². The quantitative estimate of drug-likeness (QED) is 0.460. The molecular formula is C15H10BrClO2. The summed E-state index contributed by atoms with van der Waals surface area (Å²) in [5.41, 5.74) is 0.886. The van der Waals surface area contributed by atoms with Crippen molar-refractivity contribution >= 4 is 39.6 Å². The topological polar surface area (TPSA) is 26.3 Å². The maximum atomic E-state index is 11.6. The molecule has 4 heteroatoms. The van der Waals surface area contributed by atoms with Crippen molar-refractivity contribution in [2.75, 3.05) is 0 Å². The van der Waals surface area contributed by atoms with Crippen LogP contribution in [0.5, 0.6) is 5.75 Å². The van der Waals surface area contributed by atoms with Crippen molar-refractivity contribution in [3.05, 3.63) is 69.7 Å². The molecule has 0 aliphatic heterocycles. The fourth-order valence-electron chi connectivity index (χ4n) is 1.39. The zero-order valence-electron chi connectivity index (χ0n) is 9.85. The van der Waals surface area contributed by atoms with Gasteiger partial charge in [-0.05, 0) is 48.0 Å². The number of benzene rings is 2. The maximum absolute atomic E-state index is 11.6. The Morgan fingerprint density at radius 1 is 1.05 bits per heavy atom. The number of rotatable bonds is 3. The Morgan fingerprint density at radius 2 is 1.68 bits per heavy atom. The highest BCUT2D eigenvalue weighted by Crippen LogP contribution is 2.16. The van der Waals surface area contributed by atoms with Crippen molar-refractivity contribution in [2.45, 2.75) is 0 Å². The summed E-state index contributed by atoms with van der Waals surface area (Å²) >= 11 is 9.09. The fraction of sp³-hybridized carbons (Fsp3) is 0. The summed E-state index contributed by atoms with van der Waals surface area (Å²) in [4.78, 5) is 11.6. The molecule has 19 heavy (non-hydrogen) atoms. The molecule has 0 unspecified atom stereocenters. The third kappa shape index (κ3) is 4.54. The second kappa shape index (κ2) is 6.55. The summed E-state index contributed by atoms with van der Waals surface area (Å²) in [6.45, 7) is 0. The molecule has 0 spiro atoms. The number of carbonyl (C=O) groups excluding carboxylic acids is 1. The fourth-order valence-corrected chi connectivity index (χ4v) is 1.78. The van der Waals surface area contributed by atoms with Gasteiger partial charge in [-0.25, -0.2) is 4.79 Å². The highest BCUT2D eigenvalue weighted by Gasteiger charge is 2.00. The minimum atomic E-state index is -0.419. The molecule has 0 amide bonds. The summed E-state index contributed by atoms with van der Waals surface area (Å²) in [6.07, 6.45) is 3.06. The van der Waals surface area contributed by atoms with Gasteiger partial charge in [-0.1, -0.05) is 39.7 Å². The molecule has 2 aromatic rings. The Morgan fingerprint density at radius 3 is 2.32 bits per heavy atom. The summed E-state index contributed by atoms with van der Waals surface area (Å²) in [6, 6.07) is 14.2. The van der Waals surface area contributed by atoms with Gasteiger partial charge in [0.1, 0.15) is 5.75 Å². The first kappa shape index (κ1) is 13.8. The molecule has 2 nitrogen and oxygen atoms in total. The Bertz CT molecular complexity index is 589. The van der Waals surface area contributed by atoms with Gasteiger partial charge in [-0.15, -0.1) is 0 Å². The van der Waals surface area contributed by atoms with Crippen LogP contribution in [0.3, 0.4) is 0 Å². The van der Waals surface area contributed by atoms with E-state index in [4.69, 9.17) is 16.3 Å². The molecule has 0 bridgehead atoms. The van der Waals surface area contributed by atoms with Crippen LogP contribution in [0.25, 0.3) is 6.08 Å². The van der Waals surface area contributed by atoms with E-state index in [0.717, 1.165) is 10.0 Å². The molecule has 0 saturated carbocycles. The number of halogens is 2. The van der Waals surface area contributed by atoms with Crippen LogP contribution in [0.4, 0.5) is 0 Å². The molecule has 0 aromatic heterocycles. The van der Waals surface area contributed by atoms with Gasteiger partial charge < -0.3 is 4.74 Å². The Labute approximate surface area is 124 Å². The lowest BCUT2D eigenvalue weighted by molar-refractivity contribution is -0.128.